The smallest absolute Gasteiger partial charge is 0.133 e. The quantitative estimate of drug-likeness (QED) is 0.674. The van der Waals surface area contributed by atoms with Crippen molar-refractivity contribution in [1.29, 1.82) is 0 Å². The molecule has 0 saturated carbocycles. The molecule has 0 saturated heterocycles. The molecule has 1 aromatic carbocycles. The molecule has 2 aromatic rings. The number of nitrogens with two attached hydrogens (primary N) is 1. The molecule has 2 heterocycles. The third kappa shape index (κ3) is 2.51. The molecule has 3 nitrogen and oxygen atoms in total. The van der Waals surface area contributed by atoms with E-state index in [1.807, 2.05) is 30.0 Å². The molecule has 0 aliphatic carbocycles. The maximum atomic E-state index is 6.11. The Balaban J connectivity index is 1.85. The van der Waals surface area contributed by atoms with E-state index in [0.29, 0.717) is 0 Å². The van der Waals surface area contributed by atoms with Gasteiger partial charge in [0.05, 0.1) is 6.04 Å². The molecule has 0 spiro atoms. The highest BCUT2D eigenvalue weighted by Gasteiger charge is 2.30. The van der Waals surface area contributed by atoms with Gasteiger partial charge in [0.1, 0.15) is 11.9 Å². The van der Waals surface area contributed by atoms with Crippen molar-refractivity contribution in [3.63, 3.8) is 0 Å². The predicted molar refractivity (Wildman–Crippen MR) is 80.7 cm³/mol. The van der Waals surface area contributed by atoms with Gasteiger partial charge in [0.15, 0.2) is 0 Å². The fraction of sp³-hybridized carbons (Fsp3) is 0.286. The summed E-state index contributed by atoms with van der Waals surface area (Å²) in [7, 11) is 0. The van der Waals surface area contributed by atoms with Crippen molar-refractivity contribution in [2.24, 2.45) is 5.84 Å². The standard InChI is InChI=1S/C14H16N2OS2/c1-9-6-7-18-14(9)13(16-15)11-8-19-12-5-3-2-4-10(12)17-11/h2-7,11,13,16H,8,15H2,1H3. The van der Waals surface area contributed by atoms with Crippen molar-refractivity contribution >= 4 is 23.1 Å². The Morgan fingerprint density at radius 2 is 2.21 bits per heavy atom. The predicted octanol–water partition coefficient (Wildman–Crippen LogP) is 3.11. The van der Waals surface area contributed by atoms with Gasteiger partial charge < -0.3 is 4.74 Å². The Morgan fingerprint density at radius 1 is 1.37 bits per heavy atom. The fourth-order valence-corrected chi connectivity index (χ4v) is 4.33. The monoisotopic (exact) mass is 292 g/mol. The van der Waals surface area contributed by atoms with E-state index >= 15 is 0 Å². The topological polar surface area (TPSA) is 47.3 Å². The van der Waals surface area contributed by atoms with Crippen LogP contribution in [-0.2, 0) is 0 Å². The molecule has 1 aliphatic rings. The third-order valence-electron chi connectivity index (χ3n) is 3.27. The van der Waals surface area contributed by atoms with Crippen molar-refractivity contribution in [3.05, 3.63) is 46.2 Å². The minimum absolute atomic E-state index is 0.0425. The van der Waals surface area contributed by atoms with Gasteiger partial charge in [-0.2, -0.15) is 0 Å². The van der Waals surface area contributed by atoms with Crippen LogP contribution in [0.1, 0.15) is 16.5 Å². The number of thioether (sulfide) groups is 1. The molecule has 1 aromatic heterocycles. The minimum Gasteiger partial charge on any atom is -0.486 e. The van der Waals surface area contributed by atoms with Crippen molar-refractivity contribution in [2.45, 2.75) is 24.0 Å². The maximum absolute atomic E-state index is 6.11. The summed E-state index contributed by atoms with van der Waals surface area (Å²) in [5.41, 5.74) is 4.18. The lowest BCUT2D eigenvalue weighted by molar-refractivity contribution is 0.168. The van der Waals surface area contributed by atoms with Crippen molar-refractivity contribution in [2.75, 3.05) is 5.75 Å². The van der Waals surface area contributed by atoms with Crippen molar-refractivity contribution in [1.82, 2.24) is 5.43 Å². The number of aryl methyl sites for hydroxylation is 1. The lowest BCUT2D eigenvalue weighted by Gasteiger charge is -2.31. The second-order valence-corrected chi connectivity index (χ2v) is 6.54. The van der Waals surface area contributed by atoms with Crippen LogP contribution < -0.4 is 16.0 Å². The number of fused-ring (bicyclic) bond motifs is 1. The van der Waals surface area contributed by atoms with E-state index in [1.54, 1.807) is 11.3 Å². The van der Waals surface area contributed by atoms with Crippen molar-refractivity contribution < 1.29 is 4.74 Å². The van der Waals surface area contributed by atoms with E-state index < -0.39 is 0 Å². The normalized spacial score (nSPS) is 19.6. The van der Waals surface area contributed by atoms with Crippen LogP contribution in [0.5, 0.6) is 5.75 Å². The Morgan fingerprint density at radius 3 is 2.95 bits per heavy atom. The van der Waals surface area contributed by atoms with Crippen LogP contribution >= 0.6 is 23.1 Å². The summed E-state index contributed by atoms with van der Waals surface area (Å²) < 4.78 is 6.11. The molecule has 3 rings (SSSR count). The van der Waals surface area contributed by atoms with Gasteiger partial charge in [-0.25, -0.2) is 5.43 Å². The number of rotatable bonds is 3. The second-order valence-electron chi connectivity index (χ2n) is 4.53. The number of hydrogen-bond donors (Lipinski definition) is 2. The summed E-state index contributed by atoms with van der Waals surface area (Å²) in [4.78, 5) is 2.46. The number of nitrogens with one attached hydrogen (secondary N) is 1. The highest BCUT2D eigenvalue weighted by molar-refractivity contribution is 7.99. The zero-order valence-corrected chi connectivity index (χ0v) is 12.3. The molecule has 100 valence electrons. The van der Waals surface area contributed by atoms with Crippen LogP contribution in [0.4, 0.5) is 0 Å². The van der Waals surface area contributed by atoms with Crippen LogP contribution in [0.2, 0.25) is 0 Å². The van der Waals surface area contributed by atoms with Crippen LogP contribution in [0.3, 0.4) is 0 Å². The van der Waals surface area contributed by atoms with Gasteiger partial charge in [-0.3, -0.25) is 5.84 Å². The molecule has 0 radical (unpaired) electrons. The molecule has 1 aliphatic heterocycles. The van der Waals surface area contributed by atoms with E-state index in [1.165, 1.54) is 15.3 Å². The zero-order chi connectivity index (χ0) is 13.2. The minimum atomic E-state index is 0.0425. The number of benzene rings is 1. The Bertz CT molecular complexity index is 570. The molecule has 2 atom stereocenters. The summed E-state index contributed by atoms with van der Waals surface area (Å²) in [6, 6.07) is 10.3. The summed E-state index contributed by atoms with van der Waals surface area (Å²) in [5, 5.41) is 2.10. The highest BCUT2D eigenvalue weighted by atomic mass is 32.2. The third-order valence-corrected chi connectivity index (χ3v) is 5.51. The van der Waals surface area contributed by atoms with Crippen molar-refractivity contribution in [3.8, 4) is 5.75 Å². The molecule has 0 fully saturated rings. The number of hydrazine groups is 1. The first-order chi connectivity index (χ1) is 9.29. The SMILES string of the molecule is Cc1ccsc1C(NN)C1CSc2ccccc2O1. The summed E-state index contributed by atoms with van der Waals surface area (Å²) >= 11 is 3.55. The second kappa shape index (κ2) is 5.54. The first-order valence-corrected chi connectivity index (χ1v) is 8.04. The molecular formula is C14H16N2OS2. The Labute approximate surface area is 121 Å². The average Bonchev–Trinajstić information content (AvgIpc) is 2.86. The molecule has 0 bridgehead atoms. The molecule has 3 N–H and O–H groups in total. The van der Waals surface area contributed by atoms with Gasteiger partial charge >= 0.3 is 0 Å². The number of para-hydroxylation sites is 1. The van der Waals surface area contributed by atoms with E-state index in [9.17, 15) is 0 Å². The maximum Gasteiger partial charge on any atom is 0.133 e. The van der Waals surface area contributed by atoms with Gasteiger partial charge in [0.2, 0.25) is 0 Å². The average molecular weight is 292 g/mol. The number of thiophene rings is 1. The van der Waals surface area contributed by atoms with Gasteiger partial charge in [-0.15, -0.1) is 23.1 Å². The zero-order valence-electron chi connectivity index (χ0n) is 10.6. The summed E-state index contributed by atoms with van der Waals surface area (Å²) in [6.07, 6.45) is 0.0576. The van der Waals surface area contributed by atoms with E-state index in [0.717, 1.165) is 11.5 Å². The fourth-order valence-electron chi connectivity index (χ4n) is 2.25. The van der Waals surface area contributed by atoms with E-state index in [-0.39, 0.29) is 12.1 Å². The Hall–Kier alpha value is -1.01. The molecular weight excluding hydrogens is 276 g/mol. The lowest BCUT2D eigenvalue weighted by Crippen LogP contribution is -2.41. The van der Waals surface area contributed by atoms with Gasteiger partial charge in [-0.1, -0.05) is 12.1 Å². The van der Waals surface area contributed by atoms with Crippen LogP contribution in [0, 0.1) is 6.92 Å². The first kappa shape index (κ1) is 13.0. The van der Waals surface area contributed by atoms with E-state index in [2.05, 4.69) is 29.9 Å². The summed E-state index contributed by atoms with van der Waals surface area (Å²) in [6.45, 7) is 2.11. The molecule has 19 heavy (non-hydrogen) atoms. The van der Waals surface area contributed by atoms with Crippen LogP contribution in [0.25, 0.3) is 0 Å². The summed E-state index contributed by atoms with van der Waals surface area (Å²) in [5.74, 6) is 7.61. The molecule has 5 heteroatoms. The van der Waals surface area contributed by atoms with Crippen LogP contribution in [0.15, 0.2) is 40.6 Å². The number of hydrogen-bond acceptors (Lipinski definition) is 5. The van der Waals surface area contributed by atoms with Gasteiger partial charge in [0, 0.05) is 15.5 Å². The van der Waals surface area contributed by atoms with Gasteiger partial charge in [0.25, 0.3) is 0 Å². The Kier molecular flexibility index (Phi) is 3.79. The largest absolute Gasteiger partial charge is 0.486 e. The lowest BCUT2D eigenvalue weighted by atomic mass is 10.1. The highest BCUT2D eigenvalue weighted by Crippen LogP contribution is 2.39. The number of ether oxygens (including phenoxy) is 1. The molecule has 2 unspecified atom stereocenters. The molecule has 0 amide bonds. The van der Waals surface area contributed by atoms with Crippen LogP contribution in [-0.4, -0.2) is 11.9 Å². The van der Waals surface area contributed by atoms with Gasteiger partial charge in [-0.05, 0) is 36.1 Å². The first-order valence-electron chi connectivity index (χ1n) is 6.18. The van der Waals surface area contributed by atoms with E-state index in [4.69, 9.17) is 10.6 Å².